The number of hydrogen-bond donors (Lipinski definition) is 1. The Morgan fingerprint density at radius 1 is 1.24 bits per heavy atom. The van der Waals surface area contributed by atoms with Crippen molar-refractivity contribution in [3.05, 3.63) is 41.1 Å². The maximum absolute atomic E-state index is 13.1. The Hall–Kier alpha value is -2.43. The van der Waals surface area contributed by atoms with Gasteiger partial charge in [-0.3, -0.25) is 9.78 Å². The van der Waals surface area contributed by atoms with E-state index >= 15 is 0 Å². The van der Waals surface area contributed by atoms with Gasteiger partial charge in [-0.1, -0.05) is 52.3 Å². The quantitative estimate of drug-likeness (QED) is 0.702. The molecular weight excluding hydrogens is 364 g/mol. The fourth-order valence-electron chi connectivity index (χ4n) is 4.10. The molecule has 1 aliphatic rings. The Morgan fingerprint density at radius 3 is 2.72 bits per heavy atom. The fraction of sp³-hybridized carbons (Fsp3) is 0.542. The third-order valence-electron chi connectivity index (χ3n) is 6.39. The second kappa shape index (κ2) is 8.93. The van der Waals surface area contributed by atoms with Crippen LogP contribution < -0.4 is 5.32 Å². The van der Waals surface area contributed by atoms with Gasteiger partial charge in [0, 0.05) is 17.6 Å². The number of carbonyl (C=O) groups excluding carboxylic acids is 2. The molecule has 156 valence electrons. The summed E-state index contributed by atoms with van der Waals surface area (Å²) >= 11 is 0. The third-order valence-corrected chi connectivity index (χ3v) is 6.39. The average Bonchev–Trinajstić information content (AvgIpc) is 2.73. The number of benzene rings is 1. The molecule has 1 aromatic heterocycles. The standard InChI is InChI=1S/C24H32N2O3/c1-5-13-25-21(27)15-29-23(28)22-17-9-7-8-10-19(17)26-20-12-11-16(14-18(20)22)24(3,4)6-2/h7-10,16H,5-6,11-15H2,1-4H3,(H,25,27)/t16-/m1/s1. The summed E-state index contributed by atoms with van der Waals surface area (Å²) in [5.41, 5.74) is 3.59. The number of amides is 1. The van der Waals surface area contributed by atoms with Crippen molar-refractivity contribution in [3.63, 3.8) is 0 Å². The molecule has 3 rings (SSSR count). The van der Waals surface area contributed by atoms with E-state index in [9.17, 15) is 9.59 Å². The van der Waals surface area contributed by atoms with E-state index in [-0.39, 0.29) is 17.9 Å². The Bertz CT molecular complexity index is 904. The summed E-state index contributed by atoms with van der Waals surface area (Å²) in [7, 11) is 0. The van der Waals surface area contributed by atoms with Gasteiger partial charge >= 0.3 is 5.97 Å². The molecule has 1 aliphatic carbocycles. The third kappa shape index (κ3) is 4.60. The first-order chi connectivity index (χ1) is 13.9. The van der Waals surface area contributed by atoms with Crippen LogP contribution in [-0.4, -0.2) is 30.0 Å². The van der Waals surface area contributed by atoms with E-state index in [0.717, 1.165) is 54.3 Å². The minimum Gasteiger partial charge on any atom is -0.452 e. The van der Waals surface area contributed by atoms with Crippen LogP contribution in [-0.2, 0) is 22.4 Å². The highest BCUT2D eigenvalue weighted by Crippen LogP contribution is 2.41. The number of aromatic nitrogens is 1. The first kappa shape index (κ1) is 21.3. The Balaban J connectivity index is 1.96. The van der Waals surface area contributed by atoms with E-state index in [1.165, 1.54) is 0 Å². The zero-order chi connectivity index (χ0) is 21.0. The topological polar surface area (TPSA) is 68.3 Å². The van der Waals surface area contributed by atoms with Gasteiger partial charge in [-0.2, -0.15) is 0 Å². The number of hydrogen-bond acceptors (Lipinski definition) is 4. The molecule has 0 spiro atoms. The molecule has 29 heavy (non-hydrogen) atoms. The summed E-state index contributed by atoms with van der Waals surface area (Å²) in [5, 5.41) is 3.55. The van der Waals surface area contributed by atoms with E-state index in [2.05, 4.69) is 26.1 Å². The van der Waals surface area contributed by atoms with Crippen molar-refractivity contribution in [3.8, 4) is 0 Å². The smallest absolute Gasteiger partial charge is 0.339 e. The van der Waals surface area contributed by atoms with Gasteiger partial charge in [0.1, 0.15) is 0 Å². The van der Waals surface area contributed by atoms with E-state index in [1.54, 1.807) is 0 Å². The lowest BCUT2D eigenvalue weighted by atomic mass is 9.68. The minimum absolute atomic E-state index is 0.199. The van der Waals surface area contributed by atoms with E-state index < -0.39 is 5.97 Å². The molecule has 0 saturated heterocycles. The summed E-state index contributed by atoms with van der Waals surface area (Å²) in [4.78, 5) is 29.9. The average molecular weight is 397 g/mol. The van der Waals surface area contributed by atoms with Gasteiger partial charge in [0.25, 0.3) is 5.91 Å². The number of esters is 1. The van der Waals surface area contributed by atoms with Crippen LogP contribution in [0.3, 0.4) is 0 Å². The molecule has 2 aromatic rings. The largest absolute Gasteiger partial charge is 0.452 e. The van der Waals surface area contributed by atoms with Gasteiger partial charge in [0.05, 0.1) is 11.1 Å². The van der Waals surface area contributed by atoms with Gasteiger partial charge in [0.2, 0.25) is 0 Å². The number of pyridine rings is 1. The number of carbonyl (C=O) groups is 2. The van der Waals surface area contributed by atoms with Crippen LogP contribution in [0.25, 0.3) is 10.9 Å². The van der Waals surface area contributed by atoms with Gasteiger partial charge in [0.15, 0.2) is 6.61 Å². The molecule has 0 fully saturated rings. The molecule has 1 amide bonds. The molecule has 1 N–H and O–H groups in total. The van der Waals surface area contributed by atoms with Crippen LogP contribution in [0, 0.1) is 11.3 Å². The van der Waals surface area contributed by atoms with Gasteiger partial charge in [-0.15, -0.1) is 0 Å². The predicted molar refractivity (Wildman–Crippen MR) is 115 cm³/mol. The van der Waals surface area contributed by atoms with Crippen molar-refractivity contribution in [1.29, 1.82) is 0 Å². The Kier molecular flexibility index (Phi) is 6.56. The summed E-state index contributed by atoms with van der Waals surface area (Å²) in [6.07, 6.45) is 4.70. The van der Waals surface area contributed by atoms with Crippen molar-refractivity contribution < 1.29 is 14.3 Å². The zero-order valence-corrected chi connectivity index (χ0v) is 18.0. The van der Waals surface area contributed by atoms with Crippen molar-refractivity contribution in [2.75, 3.05) is 13.2 Å². The number of nitrogens with one attached hydrogen (secondary N) is 1. The number of rotatable bonds is 7. The highest BCUT2D eigenvalue weighted by atomic mass is 16.5. The molecule has 0 bridgehead atoms. The Morgan fingerprint density at radius 2 is 2.00 bits per heavy atom. The second-order valence-electron chi connectivity index (χ2n) is 8.64. The van der Waals surface area contributed by atoms with E-state index in [0.29, 0.717) is 18.0 Å². The van der Waals surface area contributed by atoms with Crippen molar-refractivity contribution >= 4 is 22.8 Å². The molecule has 1 aromatic carbocycles. The molecule has 0 radical (unpaired) electrons. The van der Waals surface area contributed by atoms with Crippen LogP contribution in [0.2, 0.25) is 0 Å². The monoisotopic (exact) mass is 396 g/mol. The molecule has 0 saturated carbocycles. The number of fused-ring (bicyclic) bond motifs is 2. The lowest BCUT2D eigenvalue weighted by Gasteiger charge is -2.37. The lowest BCUT2D eigenvalue weighted by molar-refractivity contribution is -0.124. The van der Waals surface area contributed by atoms with Gasteiger partial charge in [-0.05, 0) is 48.6 Å². The van der Waals surface area contributed by atoms with Crippen LogP contribution in [0.4, 0.5) is 0 Å². The first-order valence-electron chi connectivity index (χ1n) is 10.7. The summed E-state index contributed by atoms with van der Waals surface area (Å²) in [6.45, 7) is 9.13. The number of aryl methyl sites for hydroxylation is 1. The van der Waals surface area contributed by atoms with Crippen LogP contribution >= 0.6 is 0 Å². The zero-order valence-electron chi connectivity index (χ0n) is 18.0. The van der Waals surface area contributed by atoms with Crippen LogP contribution in [0.1, 0.15) is 68.6 Å². The second-order valence-corrected chi connectivity index (χ2v) is 8.64. The lowest BCUT2D eigenvalue weighted by Crippen LogP contribution is -2.32. The van der Waals surface area contributed by atoms with Crippen LogP contribution in [0.15, 0.2) is 24.3 Å². The number of para-hydroxylation sites is 1. The van der Waals surface area contributed by atoms with Crippen LogP contribution in [0.5, 0.6) is 0 Å². The van der Waals surface area contributed by atoms with E-state index in [4.69, 9.17) is 9.72 Å². The number of ether oxygens (including phenoxy) is 1. The molecule has 5 nitrogen and oxygen atoms in total. The summed E-state index contributed by atoms with van der Waals surface area (Å²) in [6, 6.07) is 7.70. The first-order valence-corrected chi connectivity index (χ1v) is 10.7. The SMILES string of the molecule is CCCNC(=O)COC(=O)c1c2c(nc3ccccc13)CC[C@@H](C(C)(C)CC)C2. The minimum atomic E-state index is -0.429. The highest BCUT2D eigenvalue weighted by Gasteiger charge is 2.34. The molecular formula is C24H32N2O3. The maximum atomic E-state index is 13.1. The molecule has 0 aliphatic heterocycles. The fourth-order valence-corrected chi connectivity index (χ4v) is 4.10. The van der Waals surface area contributed by atoms with Crippen molar-refractivity contribution in [2.45, 2.75) is 59.8 Å². The summed E-state index contributed by atoms with van der Waals surface area (Å²) < 4.78 is 5.43. The highest BCUT2D eigenvalue weighted by molar-refractivity contribution is 6.05. The van der Waals surface area contributed by atoms with Gasteiger partial charge < -0.3 is 10.1 Å². The normalized spacial score (nSPS) is 16.3. The predicted octanol–water partition coefficient (Wildman–Crippen LogP) is 4.46. The van der Waals surface area contributed by atoms with E-state index in [1.807, 2.05) is 31.2 Å². The molecule has 5 heteroatoms. The number of nitrogens with zero attached hydrogens (tertiary/aromatic N) is 1. The van der Waals surface area contributed by atoms with Crippen molar-refractivity contribution in [1.82, 2.24) is 10.3 Å². The Labute approximate surface area is 173 Å². The van der Waals surface area contributed by atoms with Crippen molar-refractivity contribution in [2.24, 2.45) is 11.3 Å². The summed E-state index contributed by atoms with van der Waals surface area (Å²) in [5.74, 6) is -0.207. The molecule has 1 atom stereocenters. The molecule has 1 heterocycles. The maximum Gasteiger partial charge on any atom is 0.339 e. The molecule has 0 unspecified atom stereocenters. The van der Waals surface area contributed by atoms with Gasteiger partial charge in [-0.25, -0.2) is 4.79 Å².